The van der Waals surface area contributed by atoms with Crippen LogP contribution in [-0.4, -0.2) is 13.1 Å². The van der Waals surface area contributed by atoms with Gasteiger partial charge in [0.2, 0.25) is 0 Å². The van der Waals surface area contributed by atoms with E-state index in [9.17, 15) is 4.79 Å². The molecule has 2 heteroatoms. The molecule has 86 valence electrons. The number of carbonyl (C=O) groups excluding carboxylic acids is 1. The van der Waals surface area contributed by atoms with E-state index in [4.69, 9.17) is 4.74 Å². The van der Waals surface area contributed by atoms with E-state index in [0.717, 1.165) is 24.8 Å². The van der Waals surface area contributed by atoms with Gasteiger partial charge in [-0.15, -0.1) is 0 Å². The van der Waals surface area contributed by atoms with E-state index in [-0.39, 0.29) is 11.4 Å². The SMILES string of the molecule is COC(=O)C1(c2ccc(C)c(C)c2)CCC1. The maximum Gasteiger partial charge on any atom is 0.316 e. The smallest absolute Gasteiger partial charge is 0.316 e. The van der Waals surface area contributed by atoms with Gasteiger partial charge in [0.05, 0.1) is 12.5 Å². The van der Waals surface area contributed by atoms with Crippen molar-refractivity contribution in [1.82, 2.24) is 0 Å². The van der Waals surface area contributed by atoms with Gasteiger partial charge in [-0.05, 0) is 43.4 Å². The highest BCUT2D eigenvalue weighted by molar-refractivity contribution is 5.84. The van der Waals surface area contributed by atoms with Crippen LogP contribution in [0.3, 0.4) is 0 Å². The number of benzene rings is 1. The lowest BCUT2D eigenvalue weighted by Crippen LogP contribution is -2.43. The summed E-state index contributed by atoms with van der Waals surface area (Å²) < 4.78 is 4.94. The molecule has 0 amide bonds. The number of carbonyl (C=O) groups is 1. The Morgan fingerprint density at radius 3 is 2.38 bits per heavy atom. The monoisotopic (exact) mass is 218 g/mol. The summed E-state index contributed by atoms with van der Waals surface area (Å²) in [5.74, 6) is -0.0815. The summed E-state index contributed by atoms with van der Waals surface area (Å²) in [5, 5.41) is 0. The number of esters is 1. The first-order valence-corrected chi connectivity index (χ1v) is 5.76. The Hall–Kier alpha value is -1.31. The summed E-state index contributed by atoms with van der Waals surface area (Å²) in [6, 6.07) is 6.29. The second kappa shape index (κ2) is 3.93. The molecule has 0 N–H and O–H groups in total. The van der Waals surface area contributed by atoms with E-state index in [2.05, 4.69) is 32.0 Å². The average Bonchev–Trinajstić information content (AvgIpc) is 2.21. The van der Waals surface area contributed by atoms with Crippen LogP contribution in [0.15, 0.2) is 18.2 Å². The zero-order valence-electron chi connectivity index (χ0n) is 10.2. The van der Waals surface area contributed by atoms with Gasteiger partial charge in [-0.25, -0.2) is 0 Å². The zero-order valence-corrected chi connectivity index (χ0v) is 10.2. The van der Waals surface area contributed by atoms with Crippen LogP contribution < -0.4 is 0 Å². The van der Waals surface area contributed by atoms with Crippen molar-refractivity contribution in [2.75, 3.05) is 7.11 Å². The van der Waals surface area contributed by atoms with Crippen molar-refractivity contribution in [1.29, 1.82) is 0 Å². The largest absolute Gasteiger partial charge is 0.468 e. The zero-order chi connectivity index (χ0) is 11.8. The molecule has 16 heavy (non-hydrogen) atoms. The van der Waals surface area contributed by atoms with E-state index in [0.29, 0.717) is 0 Å². The predicted octanol–water partition coefficient (Wildman–Crippen LogP) is 2.90. The van der Waals surface area contributed by atoms with Crippen molar-refractivity contribution in [3.05, 3.63) is 34.9 Å². The molecule has 0 heterocycles. The first-order chi connectivity index (χ1) is 7.60. The molecule has 2 nitrogen and oxygen atoms in total. The molecule has 0 saturated heterocycles. The van der Waals surface area contributed by atoms with Crippen LogP contribution in [0.4, 0.5) is 0 Å². The average molecular weight is 218 g/mol. The number of rotatable bonds is 2. The normalized spacial score (nSPS) is 17.7. The predicted molar refractivity (Wildman–Crippen MR) is 63.5 cm³/mol. The van der Waals surface area contributed by atoms with Gasteiger partial charge in [0.15, 0.2) is 0 Å². The maximum atomic E-state index is 11.9. The van der Waals surface area contributed by atoms with Crippen LogP contribution in [0, 0.1) is 13.8 Å². The molecule has 1 aromatic rings. The Balaban J connectivity index is 2.41. The number of hydrogen-bond donors (Lipinski definition) is 0. The number of ether oxygens (including phenoxy) is 1. The molecular weight excluding hydrogens is 200 g/mol. The van der Waals surface area contributed by atoms with Crippen molar-refractivity contribution in [3.63, 3.8) is 0 Å². The minimum absolute atomic E-state index is 0.0815. The van der Waals surface area contributed by atoms with Crippen LogP contribution in [0.25, 0.3) is 0 Å². The molecule has 0 aromatic heterocycles. The summed E-state index contributed by atoms with van der Waals surface area (Å²) in [7, 11) is 1.48. The van der Waals surface area contributed by atoms with Gasteiger partial charge in [-0.3, -0.25) is 4.79 Å². The molecule has 1 aromatic carbocycles. The molecule has 1 aliphatic carbocycles. The Bertz CT molecular complexity index is 417. The molecular formula is C14H18O2. The Morgan fingerprint density at radius 1 is 1.25 bits per heavy atom. The summed E-state index contributed by atoms with van der Waals surface area (Å²) >= 11 is 0. The minimum atomic E-state index is -0.354. The van der Waals surface area contributed by atoms with Gasteiger partial charge in [-0.1, -0.05) is 24.6 Å². The molecule has 1 aliphatic rings. The third kappa shape index (κ3) is 1.53. The highest BCUT2D eigenvalue weighted by atomic mass is 16.5. The Kier molecular flexibility index (Phi) is 2.75. The van der Waals surface area contributed by atoms with Gasteiger partial charge >= 0.3 is 5.97 Å². The molecule has 1 saturated carbocycles. The number of hydrogen-bond acceptors (Lipinski definition) is 2. The van der Waals surface area contributed by atoms with Gasteiger partial charge in [0.25, 0.3) is 0 Å². The van der Waals surface area contributed by atoms with Crippen molar-refractivity contribution in [2.45, 2.75) is 38.5 Å². The summed E-state index contributed by atoms with van der Waals surface area (Å²) in [4.78, 5) is 11.9. The third-order valence-electron chi connectivity index (χ3n) is 3.84. The maximum absolute atomic E-state index is 11.9. The van der Waals surface area contributed by atoms with Gasteiger partial charge in [-0.2, -0.15) is 0 Å². The van der Waals surface area contributed by atoms with Crippen LogP contribution in [-0.2, 0) is 14.9 Å². The summed E-state index contributed by atoms with van der Waals surface area (Å²) in [6.07, 6.45) is 2.95. The minimum Gasteiger partial charge on any atom is -0.468 e. The second-order valence-electron chi connectivity index (χ2n) is 4.73. The molecule has 0 bridgehead atoms. The Labute approximate surface area is 96.6 Å². The third-order valence-corrected chi connectivity index (χ3v) is 3.84. The molecule has 0 unspecified atom stereocenters. The second-order valence-corrected chi connectivity index (χ2v) is 4.73. The lowest BCUT2D eigenvalue weighted by molar-refractivity contribution is -0.151. The summed E-state index contributed by atoms with van der Waals surface area (Å²) in [5.41, 5.74) is 3.28. The highest BCUT2D eigenvalue weighted by Crippen LogP contribution is 2.45. The van der Waals surface area contributed by atoms with Crippen molar-refractivity contribution in [3.8, 4) is 0 Å². The van der Waals surface area contributed by atoms with E-state index < -0.39 is 0 Å². The fourth-order valence-electron chi connectivity index (χ4n) is 2.38. The van der Waals surface area contributed by atoms with Crippen molar-refractivity contribution >= 4 is 5.97 Å². The summed E-state index contributed by atoms with van der Waals surface area (Å²) in [6.45, 7) is 4.17. The first-order valence-electron chi connectivity index (χ1n) is 5.76. The van der Waals surface area contributed by atoms with Crippen LogP contribution in [0.1, 0.15) is 36.0 Å². The topological polar surface area (TPSA) is 26.3 Å². The van der Waals surface area contributed by atoms with Crippen molar-refractivity contribution < 1.29 is 9.53 Å². The number of methoxy groups -OCH3 is 1. The first kappa shape index (κ1) is 11.2. The van der Waals surface area contributed by atoms with E-state index in [1.807, 2.05) is 0 Å². The number of aryl methyl sites for hydroxylation is 2. The molecule has 0 spiro atoms. The van der Waals surface area contributed by atoms with Crippen molar-refractivity contribution in [2.24, 2.45) is 0 Å². The lowest BCUT2D eigenvalue weighted by atomic mass is 9.64. The van der Waals surface area contributed by atoms with Crippen LogP contribution in [0.5, 0.6) is 0 Å². The van der Waals surface area contributed by atoms with Gasteiger partial charge < -0.3 is 4.74 Å². The molecule has 1 fully saturated rings. The molecule has 0 aliphatic heterocycles. The van der Waals surface area contributed by atoms with Gasteiger partial charge in [0, 0.05) is 0 Å². The quantitative estimate of drug-likeness (QED) is 0.713. The van der Waals surface area contributed by atoms with E-state index in [1.54, 1.807) is 0 Å². The fourth-order valence-corrected chi connectivity index (χ4v) is 2.38. The van der Waals surface area contributed by atoms with Crippen LogP contribution in [0.2, 0.25) is 0 Å². The standard InChI is InChI=1S/C14H18O2/c1-10-5-6-12(9-11(10)2)14(7-4-8-14)13(15)16-3/h5-6,9H,4,7-8H2,1-3H3. The molecule has 0 atom stereocenters. The van der Waals surface area contributed by atoms with Crippen LogP contribution >= 0.6 is 0 Å². The van der Waals surface area contributed by atoms with Gasteiger partial charge in [0.1, 0.15) is 0 Å². The fraction of sp³-hybridized carbons (Fsp3) is 0.500. The lowest BCUT2D eigenvalue weighted by Gasteiger charge is -2.39. The molecule has 0 radical (unpaired) electrons. The molecule has 2 rings (SSSR count). The highest BCUT2D eigenvalue weighted by Gasteiger charge is 2.46. The van der Waals surface area contributed by atoms with E-state index in [1.165, 1.54) is 18.2 Å². The van der Waals surface area contributed by atoms with E-state index >= 15 is 0 Å². The Morgan fingerprint density at radius 2 is 1.94 bits per heavy atom.